The average Bonchev–Trinajstić information content (AvgIpc) is 3.12. The topological polar surface area (TPSA) is 83.2 Å². The van der Waals surface area contributed by atoms with Crippen LogP contribution >= 0.6 is 0 Å². The van der Waals surface area contributed by atoms with Crippen LogP contribution in [0.25, 0.3) is 5.65 Å². The third-order valence-electron chi connectivity index (χ3n) is 5.94. The van der Waals surface area contributed by atoms with Crippen molar-refractivity contribution in [3.63, 3.8) is 0 Å². The lowest BCUT2D eigenvalue weighted by molar-refractivity contribution is -0.0890. The summed E-state index contributed by atoms with van der Waals surface area (Å²) in [6.45, 7) is 2.81. The Morgan fingerprint density at radius 2 is 2.14 bits per heavy atom. The Kier molecular flexibility index (Phi) is 5.35. The first-order valence-electron chi connectivity index (χ1n) is 10.1. The van der Waals surface area contributed by atoms with E-state index in [4.69, 9.17) is 4.74 Å². The van der Waals surface area contributed by atoms with Crippen molar-refractivity contribution in [3.05, 3.63) is 29.7 Å². The van der Waals surface area contributed by atoms with E-state index in [0.717, 1.165) is 31.5 Å². The number of β-amino-alcohol motifs (C(OH)–C–C–N with tert-alkyl or cyclic N) is 1. The monoisotopic (exact) mass is 387 g/mol. The largest absolute Gasteiger partial charge is 0.388 e. The molecule has 2 aliphatic rings. The highest BCUT2D eigenvalue weighted by atomic mass is 16.5. The zero-order chi connectivity index (χ0) is 19.7. The maximum absolute atomic E-state index is 12.5. The Morgan fingerprint density at radius 3 is 2.89 bits per heavy atom. The van der Waals surface area contributed by atoms with Gasteiger partial charge < -0.3 is 14.7 Å². The number of hydrogen-bond donors (Lipinski definition) is 1. The Morgan fingerprint density at radius 1 is 1.36 bits per heavy atom. The van der Waals surface area contributed by atoms with E-state index in [1.54, 1.807) is 35.9 Å². The van der Waals surface area contributed by atoms with E-state index in [1.165, 1.54) is 0 Å². The summed E-state index contributed by atoms with van der Waals surface area (Å²) in [6, 6.07) is 2.13. The van der Waals surface area contributed by atoms with Gasteiger partial charge in [0.15, 0.2) is 5.65 Å². The average molecular weight is 387 g/mol. The van der Waals surface area contributed by atoms with Crippen LogP contribution in [0.2, 0.25) is 0 Å². The molecule has 2 aromatic rings. The predicted molar refractivity (Wildman–Crippen MR) is 104 cm³/mol. The van der Waals surface area contributed by atoms with Crippen molar-refractivity contribution in [1.29, 1.82) is 0 Å². The van der Waals surface area contributed by atoms with Crippen molar-refractivity contribution in [3.8, 4) is 0 Å². The molecule has 2 aromatic heterocycles. The Bertz CT molecular complexity index is 843. The highest BCUT2D eigenvalue weighted by Crippen LogP contribution is 2.34. The van der Waals surface area contributed by atoms with Crippen LogP contribution in [0.15, 0.2) is 18.5 Å². The van der Waals surface area contributed by atoms with Crippen LogP contribution in [-0.2, 0) is 4.74 Å². The van der Waals surface area contributed by atoms with E-state index in [1.807, 2.05) is 6.07 Å². The molecule has 152 valence electrons. The highest BCUT2D eigenvalue weighted by molar-refractivity contribution is 5.99. The summed E-state index contributed by atoms with van der Waals surface area (Å²) in [6.07, 6.45) is 7.97. The Balaban J connectivity index is 1.66. The van der Waals surface area contributed by atoms with Gasteiger partial charge in [0.25, 0.3) is 5.91 Å². The van der Waals surface area contributed by atoms with Gasteiger partial charge in [-0.1, -0.05) is 6.42 Å². The van der Waals surface area contributed by atoms with E-state index in [-0.39, 0.29) is 11.9 Å². The number of likely N-dealkylation sites (tertiary alicyclic amines) is 1. The van der Waals surface area contributed by atoms with E-state index in [2.05, 4.69) is 15.0 Å². The van der Waals surface area contributed by atoms with Gasteiger partial charge in [-0.2, -0.15) is 5.10 Å². The molecule has 4 heterocycles. The van der Waals surface area contributed by atoms with Crippen molar-refractivity contribution in [2.75, 3.05) is 40.4 Å². The molecule has 2 fully saturated rings. The first-order valence-corrected chi connectivity index (χ1v) is 10.1. The molecule has 1 atom stereocenters. The number of aromatic nitrogens is 3. The minimum Gasteiger partial charge on any atom is -0.388 e. The van der Waals surface area contributed by atoms with Crippen molar-refractivity contribution >= 4 is 11.6 Å². The summed E-state index contributed by atoms with van der Waals surface area (Å²) >= 11 is 0. The summed E-state index contributed by atoms with van der Waals surface area (Å²) in [4.78, 5) is 20.8. The maximum Gasteiger partial charge on any atom is 0.258 e. The fraction of sp³-hybridized carbons (Fsp3) is 0.650. The van der Waals surface area contributed by atoms with Crippen LogP contribution in [0.4, 0.5) is 0 Å². The first-order chi connectivity index (χ1) is 13.5. The standard InChI is InChI=1S/C20H29N5O3/c1-23(2)19(26)15-13-22-25-17(6-9-21-18(15)25)16-5-3-4-10-24(16)14-20(27)7-11-28-12-8-20/h6,9,13,16,27H,3-5,7-8,10-12,14H2,1-2H3/t16-/m1/s1. The molecule has 0 radical (unpaired) electrons. The van der Waals surface area contributed by atoms with Crippen LogP contribution in [0.3, 0.4) is 0 Å². The van der Waals surface area contributed by atoms with Gasteiger partial charge in [0.2, 0.25) is 0 Å². The van der Waals surface area contributed by atoms with Gasteiger partial charge in [-0.15, -0.1) is 0 Å². The van der Waals surface area contributed by atoms with Crippen molar-refractivity contribution in [2.24, 2.45) is 0 Å². The summed E-state index contributed by atoms with van der Waals surface area (Å²) in [5.41, 5.74) is 1.43. The second kappa shape index (κ2) is 7.77. The number of carbonyl (C=O) groups excluding carboxylic acids is 1. The van der Waals surface area contributed by atoms with Gasteiger partial charge in [-0.3, -0.25) is 9.69 Å². The van der Waals surface area contributed by atoms with Crippen molar-refractivity contribution in [1.82, 2.24) is 24.4 Å². The van der Waals surface area contributed by atoms with Gasteiger partial charge in [0.1, 0.15) is 5.56 Å². The molecule has 2 saturated heterocycles. The lowest BCUT2D eigenvalue weighted by Gasteiger charge is -2.42. The van der Waals surface area contributed by atoms with Gasteiger partial charge in [-0.05, 0) is 25.5 Å². The van der Waals surface area contributed by atoms with E-state index < -0.39 is 5.60 Å². The molecule has 4 rings (SSSR count). The molecule has 0 bridgehead atoms. The SMILES string of the molecule is CN(C)C(=O)c1cnn2c([C@H]3CCCCN3CC3(O)CCOCC3)ccnc12. The highest BCUT2D eigenvalue weighted by Gasteiger charge is 2.36. The molecule has 8 heteroatoms. The Hall–Kier alpha value is -2.03. The van der Waals surface area contributed by atoms with E-state index in [0.29, 0.717) is 43.8 Å². The van der Waals surface area contributed by atoms with E-state index in [9.17, 15) is 9.90 Å². The van der Waals surface area contributed by atoms with Crippen LogP contribution in [0.5, 0.6) is 0 Å². The smallest absolute Gasteiger partial charge is 0.258 e. The summed E-state index contributed by atoms with van der Waals surface area (Å²) in [7, 11) is 3.46. The fourth-order valence-corrected chi connectivity index (χ4v) is 4.36. The molecule has 0 saturated carbocycles. The van der Waals surface area contributed by atoms with Gasteiger partial charge in [0.05, 0.1) is 23.5 Å². The second-order valence-electron chi connectivity index (χ2n) is 8.18. The number of piperidine rings is 1. The molecular weight excluding hydrogens is 358 g/mol. The lowest BCUT2D eigenvalue weighted by Crippen LogP contribution is -2.49. The number of carbonyl (C=O) groups is 1. The number of amides is 1. The third-order valence-corrected chi connectivity index (χ3v) is 5.94. The van der Waals surface area contributed by atoms with Gasteiger partial charge in [0, 0.05) is 52.9 Å². The quantitative estimate of drug-likeness (QED) is 0.856. The Labute approximate surface area is 165 Å². The molecule has 2 aliphatic heterocycles. The van der Waals surface area contributed by atoms with Crippen LogP contribution in [-0.4, -0.2) is 81.4 Å². The molecule has 1 amide bonds. The molecule has 8 nitrogen and oxygen atoms in total. The van der Waals surface area contributed by atoms with Crippen LogP contribution < -0.4 is 0 Å². The molecule has 0 aliphatic carbocycles. The fourth-order valence-electron chi connectivity index (χ4n) is 4.36. The number of ether oxygens (including phenoxy) is 1. The van der Waals surface area contributed by atoms with Gasteiger partial charge in [-0.25, -0.2) is 9.50 Å². The minimum absolute atomic E-state index is 0.100. The molecule has 1 N–H and O–H groups in total. The molecular formula is C20H29N5O3. The summed E-state index contributed by atoms with van der Waals surface area (Å²) in [5, 5.41) is 15.5. The van der Waals surface area contributed by atoms with Gasteiger partial charge >= 0.3 is 0 Å². The molecule has 0 spiro atoms. The molecule has 0 unspecified atom stereocenters. The number of fused-ring (bicyclic) bond motifs is 1. The number of rotatable bonds is 4. The number of nitrogens with zero attached hydrogens (tertiary/aromatic N) is 5. The lowest BCUT2D eigenvalue weighted by atomic mass is 9.90. The zero-order valence-electron chi connectivity index (χ0n) is 16.7. The molecule has 0 aromatic carbocycles. The second-order valence-corrected chi connectivity index (χ2v) is 8.18. The van der Waals surface area contributed by atoms with Crippen molar-refractivity contribution < 1.29 is 14.6 Å². The predicted octanol–water partition coefficient (Wildman–Crippen LogP) is 1.50. The molecule has 28 heavy (non-hydrogen) atoms. The normalized spacial score (nSPS) is 23.0. The van der Waals surface area contributed by atoms with Crippen LogP contribution in [0.1, 0.15) is 54.2 Å². The summed E-state index contributed by atoms with van der Waals surface area (Å²) in [5.74, 6) is -0.100. The number of aliphatic hydroxyl groups is 1. The van der Waals surface area contributed by atoms with Crippen LogP contribution in [0, 0.1) is 0 Å². The van der Waals surface area contributed by atoms with Crippen molar-refractivity contribution in [2.45, 2.75) is 43.7 Å². The summed E-state index contributed by atoms with van der Waals surface area (Å²) < 4.78 is 7.23. The first kappa shape index (κ1) is 19.3. The van der Waals surface area contributed by atoms with E-state index >= 15 is 0 Å². The number of hydrogen-bond acceptors (Lipinski definition) is 6. The minimum atomic E-state index is -0.698. The maximum atomic E-state index is 12.5. The zero-order valence-corrected chi connectivity index (χ0v) is 16.7. The third kappa shape index (κ3) is 3.64.